The molecule has 0 bridgehead atoms. The Labute approximate surface area is 174 Å². The number of hydrogen-bond donors (Lipinski definition) is 0. The summed E-state index contributed by atoms with van der Waals surface area (Å²) >= 11 is 0. The van der Waals surface area contributed by atoms with Crippen LogP contribution in [0, 0.1) is 19.7 Å². The molecule has 6 heteroatoms. The fourth-order valence-electron chi connectivity index (χ4n) is 4.16. The van der Waals surface area contributed by atoms with Crippen molar-refractivity contribution in [3.05, 3.63) is 83.2 Å². The molecule has 0 atom stereocenters. The van der Waals surface area contributed by atoms with Gasteiger partial charge in [-0.2, -0.15) is 0 Å². The van der Waals surface area contributed by atoms with Gasteiger partial charge in [0.2, 0.25) is 0 Å². The van der Waals surface area contributed by atoms with Gasteiger partial charge in [0.05, 0.1) is 12.0 Å². The average Bonchev–Trinajstić information content (AvgIpc) is 3.36. The maximum absolute atomic E-state index is 13.2. The number of anilines is 1. The van der Waals surface area contributed by atoms with Gasteiger partial charge < -0.3 is 14.0 Å². The first kappa shape index (κ1) is 18.6. The summed E-state index contributed by atoms with van der Waals surface area (Å²) in [5, 5.41) is 4.40. The van der Waals surface area contributed by atoms with Crippen LogP contribution in [-0.4, -0.2) is 21.3 Å². The second-order valence-corrected chi connectivity index (χ2v) is 7.89. The monoisotopic (exact) mass is 402 g/mol. The first-order valence-electron chi connectivity index (χ1n) is 10.2. The van der Waals surface area contributed by atoms with E-state index in [0.29, 0.717) is 6.54 Å². The topological polar surface area (TPSA) is 47.1 Å². The number of imidazole rings is 1. The molecule has 0 spiro atoms. The van der Waals surface area contributed by atoms with Crippen LogP contribution in [0.25, 0.3) is 17.0 Å². The van der Waals surface area contributed by atoms with Crippen LogP contribution in [0.4, 0.5) is 10.2 Å². The van der Waals surface area contributed by atoms with Gasteiger partial charge >= 0.3 is 0 Å². The normalized spacial score (nSPS) is 13.5. The standard InChI is InChI=1S/C24H23FN4O/c1-16-12-19(7-10-22(16)29-13-17(2)26-15-29)23-21-4-3-11-28(24(21)27-30-23)14-18-5-8-20(25)9-6-18/h5-10,12-13,15H,3-4,11,14H2,1-2H3. The summed E-state index contributed by atoms with van der Waals surface area (Å²) < 4.78 is 21.1. The van der Waals surface area contributed by atoms with Crippen LogP contribution in [-0.2, 0) is 13.0 Å². The molecule has 30 heavy (non-hydrogen) atoms. The van der Waals surface area contributed by atoms with Gasteiger partial charge in [0.1, 0.15) is 5.82 Å². The Bertz CT molecular complexity index is 1190. The maximum atomic E-state index is 13.2. The van der Waals surface area contributed by atoms with E-state index in [0.717, 1.165) is 64.6 Å². The van der Waals surface area contributed by atoms with Gasteiger partial charge in [-0.05, 0) is 68.1 Å². The highest BCUT2D eigenvalue weighted by atomic mass is 19.1. The highest BCUT2D eigenvalue weighted by Crippen LogP contribution is 2.36. The second kappa shape index (κ2) is 7.44. The second-order valence-electron chi connectivity index (χ2n) is 7.89. The number of benzene rings is 2. The van der Waals surface area contributed by atoms with Gasteiger partial charge in [-0.25, -0.2) is 9.37 Å². The van der Waals surface area contributed by atoms with Gasteiger partial charge in [0.25, 0.3) is 0 Å². The number of hydrogen-bond acceptors (Lipinski definition) is 4. The van der Waals surface area contributed by atoms with E-state index in [-0.39, 0.29) is 5.82 Å². The van der Waals surface area contributed by atoms with E-state index in [1.807, 2.05) is 36.1 Å². The number of nitrogens with zero attached hydrogens (tertiary/aromatic N) is 4. The van der Waals surface area contributed by atoms with Crippen molar-refractivity contribution in [2.24, 2.45) is 0 Å². The van der Waals surface area contributed by atoms with E-state index in [9.17, 15) is 4.39 Å². The van der Waals surface area contributed by atoms with Crippen LogP contribution in [0.5, 0.6) is 0 Å². The molecule has 0 N–H and O–H groups in total. The summed E-state index contributed by atoms with van der Waals surface area (Å²) in [5.74, 6) is 1.52. The first-order valence-corrected chi connectivity index (χ1v) is 10.2. The molecule has 0 aliphatic carbocycles. The van der Waals surface area contributed by atoms with E-state index in [1.54, 1.807) is 0 Å². The molecular formula is C24H23FN4O. The Hall–Kier alpha value is -3.41. The van der Waals surface area contributed by atoms with Crippen molar-refractivity contribution < 1.29 is 8.91 Å². The summed E-state index contributed by atoms with van der Waals surface area (Å²) in [6.07, 6.45) is 5.83. The third-order valence-corrected chi connectivity index (χ3v) is 5.66. The predicted octanol–water partition coefficient (Wildman–Crippen LogP) is 5.24. The number of fused-ring (bicyclic) bond motifs is 1. The lowest BCUT2D eigenvalue weighted by Gasteiger charge is -2.27. The zero-order chi connectivity index (χ0) is 20.7. The molecule has 1 aliphatic rings. The lowest BCUT2D eigenvalue weighted by atomic mass is 9.99. The molecule has 1 aliphatic heterocycles. The van der Waals surface area contributed by atoms with Crippen molar-refractivity contribution in [3.63, 3.8) is 0 Å². The molecule has 2 aromatic carbocycles. The predicted molar refractivity (Wildman–Crippen MR) is 114 cm³/mol. The van der Waals surface area contributed by atoms with E-state index in [1.165, 1.54) is 12.1 Å². The lowest BCUT2D eigenvalue weighted by Crippen LogP contribution is -2.28. The minimum Gasteiger partial charge on any atom is -0.354 e. The molecule has 5 nitrogen and oxygen atoms in total. The Kier molecular flexibility index (Phi) is 4.62. The summed E-state index contributed by atoms with van der Waals surface area (Å²) in [7, 11) is 0. The number of rotatable bonds is 4. The van der Waals surface area contributed by atoms with Crippen LogP contribution in [0.15, 0.2) is 59.5 Å². The molecule has 3 heterocycles. The number of halogens is 1. The molecule has 152 valence electrons. The summed E-state index contributed by atoms with van der Waals surface area (Å²) in [6.45, 7) is 5.68. The van der Waals surface area contributed by atoms with Crippen molar-refractivity contribution >= 4 is 5.82 Å². The quantitative estimate of drug-likeness (QED) is 0.469. The molecule has 0 radical (unpaired) electrons. The van der Waals surface area contributed by atoms with Gasteiger partial charge in [-0.3, -0.25) is 0 Å². The SMILES string of the molecule is Cc1cn(-c2ccc(-c3onc4c3CCCN4Cc3ccc(F)cc3)cc2C)cn1. The highest BCUT2D eigenvalue weighted by Gasteiger charge is 2.26. The highest BCUT2D eigenvalue weighted by molar-refractivity contribution is 5.70. The van der Waals surface area contributed by atoms with Gasteiger partial charge in [0.15, 0.2) is 11.6 Å². The van der Waals surface area contributed by atoms with Crippen molar-refractivity contribution in [3.8, 4) is 17.0 Å². The molecular weight excluding hydrogens is 379 g/mol. The third kappa shape index (κ3) is 3.38. The van der Waals surface area contributed by atoms with E-state index in [4.69, 9.17) is 4.52 Å². The van der Waals surface area contributed by atoms with Crippen LogP contribution < -0.4 is 4.90 Å². The molecule has 0 amide bonds. The molecule has 0 fully saturated rings. The van der Waals surface area contributed by atoms with Gasteiger partial charge in [0, 0.05) is 36.1 Å². The van der Waals surface area contributed by atoms with Crippen molar-refractivity contribution in [1.29, 1.82) is 0 Å². The summed E-state index contributed by atoms with van der Waals surface area (Å²) in [5.41, 5.74) is 6.48. The van der Waals surface area contributed by atoms with Crippen LogP contribution in [0.1, 0.15) is 28.8 Å². The Morgan fingerprint density at radius 1 is 1.10 bits per heavy atom. The average molecular weight is 402 g/mol. The first-order chi connectivity index (χ1) is 14.6. The zero-order valence-corrected chi connectivity index (χ0v) is 17.1. The minimum absolute atomic E-state index is 0.216. The molecule has 5 rings (SSSR count). The van der Waals surface area contributed by atoms with Crippen molar-refractivity contribution in [2.45, 2.75) is 33.2 Å². The number of aryl methyl sites for hydroxylation is 2. The van der Waals surface area contributed by atoms with Crippen molar-refractivity contribution in [1.82, 2.24) is 14.7 Å². The largest absolute Gasteiger partial charge is 0.354 e. The Morgan fingerprint density at radius 3 is 2.67 bits per heavy atom. The molecule has 0 saturated heterocycles. The van der Waals surface area contributed by atoms with Crippen LogP contribution in [0.2, 0.25) is 0 Å². The third-order valence-electron chi connectivity index (χ3n) is 5.66. The Balaban J connectivity index is 1.45. The molecule has 0 saturated carbocycles. The fraction of sp³-hybridized carbons (Fsp3) is 0.250. The fourth-order valence-corrected chi connectivity index (χ4v) is 4.16. The van der Waals surface area contributed by atoms with Gasteiger partial charge in [-0.15, -0.1) is 0 Å². The Morgan fingerprint density at radius 2 is 1.93 bits per heavy atom. The van der Waals surface area contributed by atoms with Crippen LogP contribution in [0.3, 0.4) is 0 Å². The summed E-state index contributed by atoms with van der Waals surface area (Å²) in [4.78, 5) is 6.54. The molecule has 2 aromatic heterocycles. The van der Waals surface area contributed by atoms with Crippen LogP contribution >= 0.6 is 0 Å². The molecule has 0 unspecified atom stereocenters. The molecule has 4 aromatic rings. The van der Waals surface area contributed by atoms with E-state index in [2.05, 4.69) is 40.2 Å². The van der Waals surface area contributed by atoms with E-state index >= 15 is 0 Å². The number of aromatic nitrogens is 3. The van der Waals surface area contributed by atoms with E-state index < -0.39 is 0 Å². The minimum atomic E-state index is -0.216. The smallest absolute Gasteiger partial charge is 0.176 e. The van der Waals surface area contributed by atoms with Gasteiger partial charge in [-0.1, -0.05) is 17.3 Å². The zero-order valence-electron chi connectivity index (χ0n) is 17.1. The summed E-state index contributed by atoms with van der Waals surface area (Å²) in [6, 6.07) is 13.0. The van der Waals surface area contributed by atoms with Crippen molar-refractivity contribution in [2.75, 3.05) is 11.4 Å². The lowest BCUT2D eigenvalue weighted by molar-refractivity contribution is 0.431. The maximum Gasteiger partial charge on any atom is 0.176 e.